The predicted octanol–water partition coefficient (Wildman–Crippen LogP) is 3.97. The minimum absolute atomic E-state index is 0.172. The predicted molar refractivity (Wildman–Crippen MR) is 110 cm³/mol. The Labute approximate surface area is 168 Å². The highest BCUT2D eigenvalue weighted by molar-refractivity contribution is 7.91. The summed E-state index contributed by atoms with van der Waals surface area (Å²) in [6, 6.07) is 0. The van der Waals surface area contributed by atoms with E-state index in [1.54, 1.807) is 16.2 Å². The summed E-state index contributed by atoms with van der Waals surface area (Å²) in [5.41, 5.74) is 3.15. The minimum Gasteiger partial charge on any atom is -0.591 e. The first-order valence-corrected chi connectivity index (χ1v) is 11.3. The molecule has 2 heterocycles. The second kappa shape index (κ2) is 7.04. The molecule has 0 aromatic carbocycles. The number of rotatable bonds is 1. The van der Waals surface area contributed by atoms with Gasteiger partial charge in [-0.2, -0.15) is 0 Å². The number of likely N-dealkylation sites (tertiary alicyclic amines) is 1. The third-order valence-electron chi connectivity index (χ3n) is 4.93. The summed E-state index contributed by atoms with van der Waals surface area (Å²) >= 11 is 0.258. The highest BCUT2D eigenvalue weighted by Gasteiger charge is 2.49. The summed E-state index contributed by atoms with van der Waals surface area (Å²) < 4.78 is 22.5. The molecule has 27 heavy (non-hydrogen) atoms. The van der Waals surface area contributed by atoms with Crippen LogP contribution in [0.15, 0.2) is 9.91 Å². The molecule has 1 aromatic heterocycles. The largest absolute Gasteiger partial charge is 0.591 e. The van der Waals surface area contributed by atoms with Crippen LogP contribution in [0.25, 0.3) is 0 Å². The first kappa shape index (κ1) is 20.6. The van der Waals surface area contributed by atoms with Crippen molar-refractivity contribution in [3.63, 3.8) is 0 Å². The van der Waals surface area contributed by atoms with E-state index in [9.17, 15) is 9.35 Å². The van der Waals surface area contributed by atoms with Crippen LogP contribution in [0.3, 0.4) is 0 Å². The zero-order valence-electron chi connectivity index (χ0n) is 17.0. The Morgan fingerprint density at radius 2 is 1.93 bits per heavy atom. The average molecular weight is 412 g/mol. The quantitative estimate of drug-likeness (QED) is 0.655. The average Bonchev–Trinajstić information content (AvgIpc) is 3.07. The molecule has 2 aliphatic rings. The molecule has 1 amide bonds. The van der Waals surface area contributed by atoms with E-state index in [2.05, 4.69) is 4.98 Å². The van der Waals surface area contributed by atoms with E-state index in [0.29, 0.717) is 13.1 Å². The Hall–Kier alpha value is -1.12. The van der Waals surface area contributed by atoms with Crippen LogP contribution < -0.4 is 0 Å². The van der Waals surface area contributed by atoms with Gasteiger partial charge in [-0.15, -0.1) is 11.3 Å². The van der Waals surface area contributed by atoms with Gasteiger partial charge in [0.05, 0.1) is 16.1 Å². The molecule has 1 unspecified atom stereocenters. The van der Waals surface area contributed by atoms with Gasteiger partial charge in [-0.05, 0) is 54.4 Å². The fourth-order valence-corrected chi connectivity index (χ4v) is 5.15. The molecule has 1 aromatic rings. The molecule has 1 aliphatic carbocycles. The molecule has 1 spiro atoms. The maximum absolute atomic E-state index is 12.7. The molecule has 6 nitrogen and oxygen atoms in total. The van der Waals surface area contributed by atoms with Crippen LogP contribution in [0.5, 0.6) is 0 Å². The van der Waals surface area contributed by atoms with E-state index in [1.165, 1.54) is 0 Å². The summed E-state index contributed by atoms with van der Waals surface area (Å²) in [7, 11) is 0. The number of fused-ring (bicyclic) bond motifs is 1. The van der Waals surface area contributed by atoms with Gasteiger partial charge in [0, 0.05) is 24.9 Å². The molecule has 1 atom stereocenters. The van der Waals surface area contributed by atoms with Gasteiger partial charge in [0.15, 0.2) is 0 Å². The van der Waals surface area contributed by atoms with Crippen molar-refractivity contribution in [1.82, 2.24) is 9.88 Å². The van der Waals surface area contributed by atoms with E-state index in [1.807, 2.05) is 47.1 Å². The number of nitrogens with zero attached hydrogens (tertiary/aromatic N) is 3. The second-order valence-corrected chi connectivity index (χ2v) is 12.1. The maximum Gasteiger partial charge on any atom is 0.410 e. The van der Waals surface area contributed by atoms with Gasteiger partial charge in [-0.25, -0.2) is 9.78 Å². The van der Waals surface area contributed by atoms with Gasteiger partial charge >= 0.3 is 6.09 Å². The van der Waals surface area contributed by atoms with Crippen molar-refractivity contribution in [2.75, 3.05) is 13.1 Å². The van der Waals surface area contributed by atoms with Crippen LogP contribution in [-0.4, -0.2) is 49.7 Å². The number of thiazole rings is 1. The Bertz CT molecular complexity index is 738. The standard InChI is InChI=1S/C19H29N3O3S2/c1-17(2,3)25-16(23)22-9-7-19(8-10-22)11-13-14(26-12-20-13)15(19)21-27(24)18(4,5)6/h12H,7-11H2,1-6H3. The Morgan fingerprint density at radius 3 is 2.48 bits per heavy atom. The molecular weight excluding hydrogens is 382 g/mol. The number of aromatic nitrogens is 1. The molecule has 0 radical (unpaired) electrons. The summed E-state index contributed by atoms with van der Waals surface area (Å²) in [4.78, 5) is 19.7. The van der Waals surface area contributed by atoms with E-state index in [0.717, 1.165) is 35.5 Å². The first-order valence-electron chi connectivity index (χ1n) is 9.33. The number of carbonyl (C=O) groups is 1. The maximum atomic E-state index is 12.7. The van der Waals surface area contributed by atoms with Gasteiger partial charge < -0.3 is 14.2 Å². The smallest absolute Gasteiger partial charge is 0.410 e. The third-order valence-corrected chi connectivity index (χ3v) is 7.21. The lowest BCUT2D eigenvalue weighted by atomic mass is 9.75. The zero-order chi connectivity index (χ0) is 20.0. The fourth-order valence-electron chi connectivity index (χ4n) is 3.45. The fraction of sp³-hybridized carbons (Fsp3) is 0.737. The summed E-state index contributed by atoms with van der Waals surface area (Å²) in [6.45, 7) is 12.7. The molecule has 1 saturated heterocycles. The van der Waals surface area contributed by atoms with E-state index in [-0.39, 0.29) is 11.5 Å². The number of amides is 1. The Kier molecular flexibility index (Phi) is 5.38. The Morgan fingerprint density at radius 1 is 1.30 bits per heavy atom. The molecule has 150 valence electrons. The van der Waals surface area contributed by atoms with Gasteiger partial charge in [0.2, 0.25) is 0 Å². The zero-order valence-corrected chi connectivity index (χ0v) is 18.6. The molecule has 1 aliphatic heterocycles. The van der Waals surface area contributed by atoms with Gasteiger partial charge in [0.1, 0.15) is 27.4 Å². The number of carbonyl (C=O) groups excluding carboxylic acids is 1. The van der Waals surface area contributed by atoms with Crippen LogP contribution >= 0.6 is 11.3 Å². The van der Waals surface area contributed by atoms with Crippen molar-refractivity contribution < 1.29 is 14.1 Å². The first-order chi connectivity index (χ1) is 12.4. The summed E-state index contributed by atoms with van der Waals surface area (Å²) in [5.74, 6) is 0. The van der Waals surface area contributed by atoms with Gasteiger partial charge in [-0.1, -0.05) is 4.40 Å². The van der Waals surface area contributed by atoms with Crippen molar-refractivity contribution >= 4 is 34.5 Å². The normalized spacial score (nSPS) is 22.2. The monoisotopic (exact) mass is 411 g/mol. The number of ether oxygens (including phenoxy) is 1. The Balaban J connectivity index is 1.81. The molecule has 0 saturated carbocycles. The molecule has 1 fully saturated rings. The van der Waals surface area contributed by atoms with Crippen molar-refractivity contribution in [1.29, 1.82) is 0 Å². The highest BCUT2D eigenvalue weighted by atomic mass is 32.2. The van der Waals surface area contributed by atoms with Gasteiger partial charge in [-0.3, -0.25) is 0 Å². The van der Waals surface area contributed by atoms with Crippen molar-refractivity contribution in [2.24, 2.45) is 9.81 Å². The molecule has 0 N–H and O–H groups in total. The number of hydrogen-bond donors (Lipinski definition) is 0. The van der Waals surface area contributed by atoms with Crippen LogP contribution in [-0.2, 0) is 22.5 Å². The number of hydrogen-bond acceptors (Lipinski definition) is 6. The number of piperidine rings is 1. The lowest BCUT2D eigenvalue weighted by Crippen LogP contribution is -2.47. The lowest BCUT2D eigenvalue weighted by molar-refractivity contribution is 0.0159. The van der Waals surface area contributed by atoms with E-state index >= 15 is 0 Å². The van der Waals surface area contributed by atoms with E-state index in [4.69, 9.17) is 9.13 Å². The lowest BCUT2D eigenvalue weighted by Gasteiger charge is -2.39. The molecular formula is C19H29N3O3S2. The topological polar surface area (TPSA) is 77.8 Å². The van der Waals surface area contributed by atoms with Crippen LogP contribution in [0.1, 0.15) is 65.0 Å². The molecule has 8 heteroatoms. The molecule has 3 rings (SSSR count). The van der Waals surface area contributed by atoms with Gasteiger partial charge in [0.25, 0.3) is 0 Å². The SMILES string of the molecule is CC(C)(C)OC(=O)N1CCC2(CC1)Cc1ncsc1C2=N[S+]([O-])C(C)(C)C. The van der Waals surface area contributed by atoms with Crippen molar-refractivity contribution in [3.05, 3.63) is 16.1 Å². The summed E-state index contributed by atoms with van der Waals surface area (Å²) in [5, 5.41) is 0. The third kappa shape index (κ3) is 4.32. The van der Waals surface area contributed by atoms with Crippen LogP contribution in [0.4, 0.5) is 4.79 Å². The summed E-state index contributed by atoms with van der Waals surface area (Å²) in [6.07, 6.45) is 2.12. The highest BCUT2D eigenvalue weighted by Crippen LogP contribution is 2.47. The van der Waals surface area contributed by atoms with Crippen LogP contribution in [0.2, 0.25) is 0 Å². The molecule has 0 bridgehead atoms. The minimum atomic E-state index is -1.32. The van der Waals surface area contributed by atoms with Crippen LogP contribution in [0, 0.1) is 5.41 Å². The second-order valence-electron chi connectivity index (χ2n) is 9.35. The van der Waals surface area contributed by atoms with E-state index < -0.39 is 21.7 Å². The van der Waals surface area contributed by atoms with Crippen molar-refractivity contribution in [3.8, 4) is 0 Å². The van der Waals surface area contributed by atoms with Crippen molar-refractivity contribution in [2.45, 2.75) is 71.2 Å².